The molecule has 0 saturated heterocycles. The average Bonchev–Trinajstić information content (AvgIpc) is 2.52. The number of rotatable bonds is 6. The van der Waals surface area contributed by atoms with Crippen LogP contribution in [0.15, 0.2) is 53.5 Å². The van der Waals surface area contributed by atoms with Crippen molar-refractivity contribution in [3.8, 4) is 11.5 Å². The summed E-state index contributed by atoms with van der Waals surface area (Å²) in [6.45, 7) is 5.26. The first kappa shape index (κ1) is 16.4. The van der Waals surface area contributed by atoms with Crippen molar-refractivity contribution in [2.45, 2.75) is 13.8 Å². The molecule has 0 aliphatic heterocycles. The normalized spacial score (nSPS) is 11.1. The van der Waals surface area contributed by atoms with Crippen molar-refractivity contribution in [2.24, 2.45) is 4.99 Å². The number of aliphatic imine (C=N–C) groups is 1. The molecule has 0 heterocycles. The summed E-state index contributed by atoms with van der Waals surface area (Å²) in [6, 6.07) is 15.4. The summed E-state index contributed by atoms with van der Waals surface area (Å²) < 4.78 is 11.5. The Bertz CT molecular complexity index is 610. The van der Waals surface area contributed by atoms with Crippen LogP contribution < -0.4 is 14.8 Å². The summed E-state index contributed by atoms with van der Waals surface area (Å²) in [4.78, 5) is 4.48. The average molecular weight is 362 g/mol. The summed E-state index contributed by atoms with van der Waals surface area (Å²) >= 11 is 2.93. The van der Waals surface area contributed by atoms with Crippen molar-refractivity contribution < 1.29 is 9.47 Å². The van der Waals surface area contributed by atoms with Gasteiger partial charge < -0.3 is 0 Å². The molecule has 0 atom stereocenters. The molecule has 2 aromatic rings. The van der Waals surface area contributed by atoms with E-state index in [1.165, 1.54) is 0 Å². The summed E-state index contributed by atoms with van der Waals surface area (Å²) in [5.74, 6) is 1.71. The molecule has 2 aromatic carbocycles. The van der Waals surface area contributed by atoms with Crippen molar-refractivity contribution in [2.75, 3.05) is 18.5 Å². The van der Waals surface area contributed by atoms with Gasteiger partial charge in [-0.05, 0) is 0 Å². The molecule has 0 aliphatic carbocycles. The van der Waals surface area contributed by atoms with E-state index in [0.29, 0.717) is 17.9 Å². The molecular weight excluding hydrogens is 343 g/mol. The van der Waals surface area contributed by atoms with Crippen LogP contribution in [0.25, 0.3) is 0 Å². The quantitative estimate of drug-likeness (QED) is 0.484. The van der Waals surface area contributed by atoms with Crippen LogP contribution in [0.1, 0.15) is 13.8 Å². The van der Waals surface area contributed by atoms with E-state index in [1.54, 1.807) is 0 Å². The zero-order valence-corrected chi connectivity index (χ0v) is 14.4. The third kappa shape index (κ3) is 5.10. The van der Waals surface area contributed by atoms with Crippen molar-refractivity contribution in [3.05, 3.63) is 48.5 Å². The second kappa shape index (κ2) is 8.47. The maximum atomic E-state index is 5.41. The van der Waals surface area contributed by atoms with Gasteiger partial charge in [0, 0.05) is 0 Å². The number of hydrogen-bond donors (Lipinski definition) is 1. The van der Waals surface area contributed by atoms with Crippen LogP contribution >= 0.6 is 0 Å². The third-order valence-corrected chi connectivity index (χ3v) is 3.20. The number of hydrogen-bond acceptors (Lipinski definition) is 3. The molecule has 1 radical (unpaired) electrons. The monoisotopic (exact) mass is 363 g/mol. The fourth-order valence-corrected chi connectivity index (χ4v) is 2.32. The Morgan fingerprint density at radius 2 is 1.41 bits per heavy atom. The number of benzene rings is 2. The van der Waals surface area contributed by atoms with Gasteiger partial charge in [-0.1, -0.05) is 0 Å². The fraction of sp³-hybridized carbons (Fsp3) is 0.235. The Morgan fingerprint density at radius 1 is 0.909 bits per heavy atom. The van der Waals surface area contributed by atoms with Crippen LogP contribution in [0.3, 0.4) is 0 Å². The summed E-state index contributed by atoms with van der Waals surface area (Å²) in [7, 11) is 0. The van der Waals surface area contributed by atoms with Crippen LogP contribution in [0.4, 0.5) is 11.4 Å². The van der Waals surface area contributed by atoms with E-state index in [1.807, 2.05) is 62.4 Å². The zero-order chi connectivity index (χ0) is 15.8. The fourth-order valence-electron chi connectivity index (χ4n) is 1.85. The first-order chi connectivity index (χ1) is 10.7. The Labute approximate surface area is 139 Å². The van der Waals surface area contributed by atoms with Gasteiger partial charge in [0.05, 0.1) is 0 Å². The molecule has 0 unspecified atom stereocenters. The first-order valence-electron chi connectivity index (χ1n) is 7.19. The Morgan fingerprint density at radius 3 is 1.91 bits per heavy atom. The van der Waals surface area contributed by atoms with E-state index in [0.717, 1.165) is 22.9 Å². The van der Waals surface area contributed by atoms with E-state index in [4.69, 9.17) is 9.47 Å². The molecule has 0 aliphatic rings. The Balaban J connectivity index is 1.99. The van der Waals surface area contributed by atoms with Crippen LogP contribution in [0, 0.1) is 0 Å². The standard InChI is InChI=1S/C17H19N2O2Se/c1-3-20-15-9-5-13(6-10-15)18-17(22)19-14-7-11-16(12-8-14)21-4-2/h5-12H,3-4H2,1-2H3,(H,18,19). The summed E-state index contributed by atoms with van der Waals surface area (Å²) in [5, 5.41) is 3.21. The number of anilines is 1. The molecule has 0 bridgehead atoms. The minimum atomic E-state index is 0.661. The molecule has 0 aromatic heterocycles. The number of nitrogens with zero attached hydrogens (tertiary/aromatic N) is 1. The second-order valence-corrected chi connectivity index (χ2v) is 5.24. The van der Waals surface area contributed by atoms with Crippen molar-refractivity contribution >= 4 is 32.1 Å². The number of amidine groups is 1. The summed E-state index contributed by atoms with van der Waals surface area (Å²) in [5.41, 5.74) is 1.81. The Kier molecular flexibility index (Phi) is 6.31. The van der Waals surface area contributed by atoms with Crippen LogP contribution in [-0.4, -0.2) is 34.0 Å². The van der Waals surface area contributed by atoms with E-state index in [2.05, 4.69) is 26.3 Å². The molecule has 5 heteroatoms. The summed E-state index contributed by atoms with van der Waals surface area (Å²) in [6.07, 6.45) is 0. The second-order valence-electron chi connectivity index (χ2n) is 4.43. The molecule has 4 nitrogen and oxygen atoms in total. The maximum absolute atomic E-state index is 5.41. The first-order valence-corrected chi connectivity index (χ1v) is 8.05. The van der Waals surface area contributed by atoms with E-state index >= 15 is 0 Å². The molecular formula is C17H19N2O2Se. The van der Waals surface area contributed by atoms with Gasteiger partial charge in [0.1, 0.15) is 0 Å². The molecule has 22 heavy (non-hydrogen) atoms. The SMILES string of the molecule is CCOc1ccc(N=C([Se])Nc2ccc(OCC)cc2)cc1. The van der Waals surface area contributed by atoms with E-state index in [9.17, 15) is 0 Å². The molecule has 115 valence electrons. The van der Waals surface area contributed by atoms with E-state index in [-0.39, 0.29) is 0 Å². The third-order valence-electron chi connectivity index (χ3n) is 2.79. The predicted octanol–water partition coefficient (Wildman–Crippen LogP) is 3.75. The van der Waals surface area contributed by atoms with Gasteiger partial charge in [-0.25, -0.2) is 0 Å². The minimum absolute atomic E-state index is 0.661. The van der Waals surface area contributed by atoms with Crippen molar-refractivity contribution in [1.82, 2.24) is 0 Å². The molecule has 0 fully saturated rings. The molecule has 0 amide bonds. The molecule has 2 rings (SSSR count). The van der Waals surface area contributed by atoms with Crippen LogP contribution in [0.2, 0.25) is 0 Å². The molecule has 0 spiro atoms. The number of ether oxygens (including phenoxy) is 2. The van der Waals surface area contributed by atoms with Gasteiger partial charge >= 0.3 is 139 Å². The van der Waals surface area contributed by atoms with Gasteiger partial charge in [-0.2, -0.15) is 0 Å². The molecule has 1 N–H and O–H groups in total. The van der Waals surface area contributed by atoms with Crippen LogP contribution in [0.5, 0.6) is 11.5 Å². The van der Waals surface area contributed by atoms with Gasteiger partial charge in [0.15, 0.2) is 0 Å². The topological polar surface area (TPSA) is 42.8 Å². The van der Waals surface area contributed by atoms with Crippen molar-refractivity contribution in [1.29, 1.82) is 0 Å². The van der Waals surface area contributed by atoms with Crippen LogP contribution in [-0.2, 0) is 0 Å². The van der Waals surface area contributed by atoms with Gasteiger partial charge in [0.2, 0.25) is 0 Å². The predicted molar refractivity (Wildman–Crippen MR) is 91.7 cm³/mol. The molecule has 0 saturated carbocycles. The Hall–Kier alpha value is -1.97. The van der Waals surface area contributed by atoms with Gasteiger partial charge in [-0.3, -0.25) is 0 Å². The zero-order valence-electron chi connectivity index (χ0n) is 12.7. The number of nitrogens with one attached hydrogen (secondary N) is 1. The van der Waals surface area contributed by atoms with E-state index < -0.39 is 0 Å². The van der Waals surface area contributed by atoms with Crippen molar-refractivity contribution in [3.63, 3.8) is 0 Å². The van der Waals surface area contributed by atoms with Gasteiger partial charge in [-0.15, -0.1) is 0 Å². The van der Waals surface area contributed by atoms with Gasteiger partial charge in [0.25, 0.3) is 0 Å².